The van der Waals surface area contributed by atoms with Gasteiger partial charge in [0.25, 0.3) is 0 Å². The van der Waals surface area contributed by atoms with Crippen molar-refractivity contribution in [3.63, 3.8) is 0 Å². The molecule has 1 fully saturated rings. The molecular weight excluding hydrogens is 464 g/mol. The number of hydrogen-bond donors (Lipinski definition) is 1. The molecule has 8 nitrogen and oxygen atoms in total. The molecule has 0 spiro atoms. The van der Waals surface area contributed by atoms with E-state index in [4.69, 9.17) is 9.47 Å². The third kappa shape index (κ3) is 5.27. The van der Waals surface area contributed by atoms with E-state index >= 15 is 0 Å². The largest absolute Gasteiger partial charge is 0.479 e. The summed E-state index contributed by atoms with van der Waals surface area (Å²) < 4.78 is 14.3. The van der Waals surface area contributed by atoms with Crippen molar-refractivity contribution in [2.75, 3.05) is 24.6 Å². The average Bonchev–Trinajstić information content (AvgIpc) is 3.03. The van der Waals surface area contributed by atoms with E-state index in [1.807, 2.05) is 33.8 Å². The van der Waals surface area contributed by atoms with Gasteiger partial charge in [0, 0.05) is 24.8 Å². The van der Waals surface area contributed by atoms with Crippen LogP contribution in [0.5, 0.6) is 0 Å². The molecule has 0 saturated carbocycles. The Hall–Kier alpha value is -1.97. The molecule has 0 amide bonds. The van der Waals surface area contributed by atoms with Gasteiger partial charge in [-0.15, -0.1) is 6.58 Å². The van der Waals surface area contributed by atoms with E-state index < -0.39 is 17.7 Å². The highest BCUT2D eigenvalue weighted by molar-refractivity contribution is 9.10. The molecule has 1 aliphatic heterocycles. The average molecular weight is 495 g/mol. The molecule has 1 saturated heterocycles. The Labute approximate surface area is 191 Å². The molecule has 0 aliphatic carbocycles. The number of halogens is 1. The lowest BCUT2D eigenvalue weighted by Crippen LogP contribution is -2.45. The number of aryl methyl sites for hydroxylation is 1. The van der Waals surface area contributed by atoms with Crippen LogP contribution in [0.3, 0.4) is 0 Å². The van der Waals surface area contributed by atoms with E-state index in [-0.39, 0.29) is 5.60 Å². The summed E-state index contributed by atoms with van der Waals surface area (Å²) in [6, 6.07) is 1.82. The summed E-state index contributed by atoms with van der Waals surface area (Å²) in [5.74, 6) is -0.349. The molecule has 2 aromatic heterocycles. The monoisotopic (exact) mass is 494 g/mol. The molecule has 31 heavy (non-hydrogen) atoms. The van der Waals surface area contributed by atoms with Gasteiger partial charge in [0.05, 0.1) is 23.4 Å². The quantitative estimate of drug-likeness (QED) is 0.573. The zero-order valence-corrected chi connectivity index (χ0v) is 20.4. The fourth-order valence-corrected chi connectivity index (χ4v) is 4.24. The summed E-state index contributed by atoms with van der Waals surface area (Å²) in [6.45, 7) is 15.1. The molecule has 170 valence electrons. The zero-order valence-electron chi connectivity index (χ0n) is 18.8. The Balaban J connectivity index is 2.10. The van der Waals surface area contributed by atoms with Crippen LogP contribution >= 0.6 is 15.9 Å². The number of carbonyl (C=O) groups is 1. The van der Waals surface area contributed by atoms with E-state index in [1.165, 1.54) is 0 Å². The smallest absolute Gasteiger partial charge is 0.337 e. The minimum absolute atomic E-state index is 0.245. The topological polar surface area (TPSA) is 89.2 Å². The molecule has 0 aromatic carbocycles. The molecule has 0 radical (unpaired) electrons. The summed E-state index contributed by atoms with van der Waals surface area (Å²) in [7, 11) is 0. The van der Waals surface area contributed by atoms with Crippen LogP contribution in [0.2, 0.25) is 0 Å². The van der Waals surface area contributed by atoms with Crippen molar-refractivity contribution in [1.29, 1.82) is 0 Å². The number of carboxylic acids is 1. The number of aliphatic carboxylic acids is 1. The maximum atomic E-state index is 12.3. The minimum Gasteiger partial charge on any atom is -0.479 e. The normalized spacial score (nSPS) is 17.7. The number of aromatic nitrogens is 3. The molecule has 1 aliphatic rings. The van der Waals surface area contributed by atoms with Gasteiger partial charge >= 0.3 is 5.97 Å². The van der Waals surface area contributed by atoms with Crippen molar-refractivity contribution in [1.82, 2.24) is 14.6 Å². The third-order valence-corrected chi connectivity index (χ3v) is 5.79. The lowest BCUT2D eigenvalue weighted by molar-refractivity contribution is -0.160. The maximum Gasteiger partial charge on any atom is 0.337 e. The first-order valence-electron chi connectivity index (χ1n) is 10.4. The summed E-state index contributed by atoms with van der Waals surface area (Å²) in [6.07, 6.45) is 2.18. The fourth-order valence-electron chi connectivity index (χ4n) is 3.88. The third-order valence-electron chi connectivity index (χ3n) is 5.40. The highest BCUT2D eigenvalue weighted by atomic mass is 79.9. The van der Waals surface area contributed by atoms with Crippen molar-refractivity contribution in [3.05, 3.63) is 34.6 Å². The predicted octanol–water partition coefficient (Wildman–Crippen LogP) is 4.30. The molecule has 0 bridgehead atoms. The van der Waals surface area contributed by atoms with Crippen LogP contribution in [0.4, 0.5) is 5.82 Å². The number of hydrogen-bond acceptors (Lipinski definition) is 6. The van der Waals surface area contributed by atoms with Crippen LogP contribution < -0.4 is 4.90 Å². The number of piperidine rings is 1. The van der Waals surface area contributed by atoms with Crippen LogP contribution in [-0.2, 0) is 14.3 Å². The van der Waals surface area contributed by atoms with Gasteiger partial charge in [0.2, 0.25) is 0 Å². The highest BCUT2D eigenvalue weighted by Gasteiger charge is 2.37. The Morgan fingerprint density at radius 1 is 1.42 bits per heavy atom. The number of ether oxygens (including phenoxy) is 2. The van der Waals surface area contributed by atoms with Crippen molar-refractivity contribution in [2.45, 2.75) is 64.8 Å². The second kappa shape index (κ2) is 8.88. The lowest BCUT2D eigenvalue weighted by atomic mass is 9.92. The minimum atomic E-state index is -1.17. The van der Waals surface area contributed by atoms with Crippen molar-refractivity contribution < 1.29 is 19.4 Å². The summed E-state index contributed by atoms with van der Waals surface area (Å²) in [5, 5.41) is 14.6. The standard InChI is InChI=1S/C22H31BrN4O4/c1-7-12-30-22(6)8-10-26(11-9-22)19-17(18(20(28)29)31-21(3,4)5)14(2)24-16-13-15(23)25-27(16)19/h7,13,18H,1,8-12H2,2-6H3,(H,28,29). The molecule has 3 heterocycles. The Morgan fingerprint density at radius 3 is 2.61 bits per heavy atom. The van der Waals surface area contributed by atoms with E-state index in [9.17, 15) is 9.90 Å². The van der Waals surface area contributed by atoms with Crippen molar-refractivity contribution in [3.8, 4) is 0 Å². The SMILES string of the molecule is C=CCOC1(C)CCN(c2c(C(OC(C)(C)C)C(=O)O)c(C)nc3cc(Br)nn23)CC1. The molecule has 9 heteroatoms. The first-order valence-corrected chi connectivity index (χ1v) is 11.2. The van der Waals surface area contributed by atoms with Gasteiger partial charge in [-0.1, -0.05) is 6.08 Å². The van der Waals surface area contributed by atoms with Crippen molar-refractivity contribution >= 4 is 33.4 Å². The molecule has 3 rings (SSSR count). The van der Waals surface area contributed by atoms with Gasteiger partial charge in [-0.05, 0) is 63.4 Å². The second-order valence-electron chi connectivity index (χ2n) is 9.16. The van der Waals surface area contributed by atoms with Gasteiger partial charge in [-0.3, -0.25) is 0 Å². The fraction of sp³-hybridized carbons (Fsp3) is 0.591. The Morgan fingerprint density at radius 2 is 2.06 bits per heavy atom. The lowest BCUT2D eigenvalue weighted by Gasteiger charge is -2.41. The van der Waals surface area contributed by atoms with Gasteiger partial charge in [-0.2, -0.15) is 9.61 Å². The van der Waals surface area contributed by atoms with Crippen LogP contribution in [0, 0.1) is 6.92 Å². The first kappa shape index (κ1) is 23.7. The molecule has 1 unspecified atom stereocenters. The predicted molar refractivity (Wildman–Crippen MR) is 123 cm³/mol. The van der Waals surface area contributed by atoms with Gasteiger partial charge < -0.3 is 19.5 Å². The van der Waals surface area contributed by atoms with Crippen LogP contribution in [0.15, 0.2) is 23.3 Å². The second-order valence-corrected chi connectivity index (χ2v) is 9.97. The Kier molecular flexibility index (Phi) is 6.78. The van der Waals surface area contributed by atoms with Gasteiger partial charge in [-0.25, -0.2) is 9.78 Å². The van der Waals surface area contributed by atoms with E-state index in [0.717, 1.165) is 12.8 Å². The molecule has 1 N–H and O–H groups in total. The van der Waals surface area contributed by atoms with Crippen LogP contribution in [0.1, 0.15) is 57.9 Å². The molecular formula is C22H31BrN4O4. The van der Waals surface area contributed by atoms with Crippen LogP contribution in [-0.4, -0.2) is 56.6 Å². The summed E-state index contributed by atoms with van der Waals surface area (Å²) >= 11 is 3.43. The number of nitrogens with zero attached hydrogens (tertiary/aromatic N) is 4. The summed E-state index contributed by atoms with van der Waals surface area (Å²) in [4.78, 5) is 19.1. The number of carboxylic acid groups (broad SMARTS) is 1. The molecule has 2 aromatic rings. The number of fused-ring (bicyclic) bond motifs is 1. The van der Waals surface area contributed by atoms with Gasteiger partial charge in [0.1, 0.15) is 10.4 Å². The van der Waals surface area contributed by atoms with E-state index in [1.54, 1.807) is 10.6 Å². The summed E-state index contributed by atoms with van der Waals surface area (Å²) in [5.41, 5.74) is 0.902. The first-order chi connectivity index (χ1) is 14.4. The van der Waals surface area contributed by atoms with Crippen LogP contribution in [0.25, 0.3) is 5.65 Å². The molecule has 1 atom stereocenters. The maximum absolute atomic E-state index is 12.3. The highest BCUT2D eigenvalue weighted by Crippen LogP contribution is 2.37. The number of rotatable bonds is 7. The van der Waals surface area contributed by atoms with E-state index in [0.29, 0.717) is 47.0 Å². The number of anilines is 1. The van der Waals surface area contributed by atoms with Crippen molar-refractivity contribution in [2.24, 2.45) is 0 Å². The van der Waals surface area contributed by atoms with E-state index in [2.05, 4.69) is 44.4 Å². The Bertz CT molecular complexity index is 974. The van der Waals surface area contributed by atoms with Gasteiger partial charge in [0.15, 0.2) is 11.8 Å². The zero-order chi connectivity index (χ0) is 23.0.